The third-order valence-corrected chi connectivity index (χ3v) is 6.10. The van der Waals surface area contributed by atoms with Crippen molar-refractivity contribution < 1.29 is 14.7 Å². The molecule has 25 heavy (non-hydrogen) atoms. The molecule has 4 nitrogen and oxygen atoms in total. The van der Waals surface area contributed by atoms with Crippen LogP contribution in [0.5, 0.6) is 0 Å². The SMILES string of the molecule is Cc1ccc(CC(C)(CC(=O)N2C[C@H]3CCCC[C@H]3C2)C(=O)O)cc1. The second-order valence-electron chi connectivity index (χ2n) is 8.31. The number of nitrogens with zero attached hydrogens (tertiary/aromatic N) is 1. The summed E-state index contributed by atoms with van der Waals surface area (Å²) in [6.45, 7) is 5.36. The largest absolute Gasteiger partial charge is 0.481 e. The molecular weight excluding hydrogens is 314 g/mol. The first-order valence-electron chi connectivity index (χ1n) is 9.44. The fourth-order valence-corrected chi connectivity index (χ4v) is 4.43. The number of carboxylic acid groups (broad SMARTS) is 1. The topological polar surface area (TPSA) is 57.6 Å². The highest BCUT2D eigenvalue weighted by Crippen LogP contribution is 2.37. The molecule has 1 saturated carbocycles. The van der Waals surface area contributed by atoms with Crippen LogP contribution in [0.25, 0.3) is 0 Å². The monoisotopic (exact) mass is 343 g/mol. The van der Waals surface area contributed by atoms with Crippen molar-refractivity contribution in [2.75, 3.05) is 13.1 Å². The van der Waals surface area contributed by atoms with E-state index in [0.717, 1.165) is 24.2 Å². The molecule has 1 aromatic rings. The maximum Gasteiger partial charge on any atom is 0.310 e. The van der Waals surface area contributed by atoms with Gasteiger partial charge in [0, 0.05) is 19.5 Å². The summed E-state index contributed by atoms with van der Waals surface area (Å²) in [5.74, 6) is 0.376. The molecule has 2 aliphatic rings. The van der Waals surface area contributed by atoms with Crippen molar-refractivity contribution in [3.63, 3.8) is 0 Å². The highest BCUT2D eigenvalue weighted by Gasteiger charge is 2.41. The summed E-state index contributed by atoms with van der Waals surface area (Å²) in [4.78, 5) is 26.7. The number of carboxylic acids is 1. The average molecular weight is 343 g/mol. The van der Waals surface area contributed by atoms with Gasteiger partial charge >= 0.3 is 5.97 Å². The van der Waals surface area contributed by atoms with Crippen LogP contribution < -0.4 is 0 Å². The van der Waals surface area contributed by atoms with Crippen LogP contribution in [-0.2, 0) is 16.0 Å². The summed E-state index contributed by atoms with van der Waals surface area (Å²) >= 11 is 0. The highest BCUT2D eigenvalue weighted by atomic mass is 16.4. The summed E-state index contributed by atoms with van der Waals surface area (Å²) in [6, 6.07) is 7.91. The van der Waals surface area contributed by atoms with Crippen LogP contribution in [0, 0.1) is 24.2 Å². The van der Waals surface area contributed by atoms with Crippen molar-refractivity contribution in [2.45, 2.75) is 52.4 Å². The first-order chi connectivity index (χ1) is 11.9. The second-order valence-corrected chi connectivity index (χ2v) is 8.31. The zero-order valence-electron chi connectivity index (χ0n) is 15.3. The molecule has 0 aromatic heterocycles. The van der Waals surface area contributed by atoms with Gasteiger partial charge in [-0.15, -0.1) is 0 Å². The summed E-state index contributed by atoms with van der Waals surface area (Å²) in [5.41, 5.74) is 1.06. The fourth-order valence-electron chi connectivity index (χ4n) is 4.43. The number of aryl methyl sites for hydroxylation is 1. The Morgan fingerprint density at radius 3 is 2.20 bits per heavy atom. The molecule has 1 N–H and O–H groups in total. The number of amides is 1. The predicted octanol–water partition coefficient (Wildman–Crippen LogP) is 3.67. The highest BCUT2D eigenvalue weighted by molar-refractivity contribution is 5.85. The standard InChI is InChI=1S/C21H29NO3/c1-15-7-9-16(10-8-15)11-21(2,20(24)25)12-19(23)22-13-17-5-3-4-6-18(17)14-22/h7-10,17-18H,3-6,11-14H2,1-2H3,(H,24,25)/t17-,18+,21?. The lowest BCUT2D eigenvalue weighted by atomic mass is 9.80. The second kappa shape index (κ2) is 7.19. The molecule has 1 amide bonds. The van der Waals surface area contributed by atoms with Gasteiger partial charge in [0.1, 0.15) is 0 Å². The molecule has 3 rings (SSSR count). The molecule has 1 aromatic carbocycles. The molecule has 1 aliphatic heterocycles. The summed E-state index contributed by atoms with van der Waals surface area (Å²) in [7, 11) is 0. The van der Waals surface area contributed by atoms with E-state index < -0.39 is 11.4 Å². The van der Waals surface area contributed by atoms with E-state index >= 15 is 0 Å². The first kappa shape index (κ1) is 18.0. The van der Waals surface area contributed by atoms with Gasteiger partial charge in [-0.25, -0.2) is 0 Å². The number of hydrogen-bond donors (Lipinski definition) is 1. The summed E-state index contributed by atoms with van der Waals surface area (Å²) in [5, 5.41) is 9.78. The molecular formula is C21H29NO3. The minimum atomic E-state index is -1.06. The van der Waals surface area contributed by atoms with Crippen molar-refractivity contribution in [3.05, 3.63) is 35.4 Å². The molecule has 1 unspecified atom stereocenters. The van der Waals surface area contributed by atoms with Gasteiger partial charge in [-0.2, -0.15) is 0 Å². The van der Waals surface area contributed by atoms with Gasteiger partial charge in [0.05, 0.1) is 5.41 Å². The Morgan fingerprint density at radius 1 is 1.12 bits per heavy atom. The Morgan fingerprint density at radius 2 is 1.68 bits per heavy atom. The van der Waals surface area contributed by atoms with Crippen LogP contribution in [0.2, 0.25) is 0 Å². The Kier molecular flexibility index (Phi) is 5.16. The van der Waals surface area contributed by atoms with Crippen molar-refractivity contribution in [1.29, 1.82) is 0 Å². The molecule has 3 atom stereocenters. The number of aliphatic carboxylic acids is 1. The van der Waals surface area contributed by atoms with Gasteiger partial charge in [-0.1, -0.05) is 42.7 Å². The minimum Gasteiger partial charge on any atom is -0.481 e. The quantitative estimate of drug-likeness (QED) is 0.887. The van der Waals surface area contributed by atoms with Gasteiger partial charge in [-0.05, 0) is 50.5 Å². The average Bonchev–Trinajstić information content (AvgIpc) is 3.01. The van der Waals surface area contributed by atoms with Crippen LogP contribution in [0.1, 0.15) is 50.2 Å². The maximum absolute atomic E-state index is 12.8. The maximum atomic E-state index is 12.8. The van der Waals surface area contributed by atoms with Gasteiger partial charge in [0.2, 0.25) is 5.91 Å². The summed E-state index contributed by atoms with van der Waals surface area (Å²) in [6.07, 6.45) is 5.43. The number of hydrogen-bond acceptors (Lipinski definition) is 2. The van der Waals surface area contributed by atoms with Crippen molar-refractivity contribution in [1.82, 2.24) is 4.90 Å². The van der Waals surface area contributed by atoms with Crippen molar-refractivity contribution in [2.24, 2.45) is 17.3 Å². The molecule has 136 valence electrons. The lowest BCUT2D eigenvalue weighted by Gasteiger charge is -2.27. The molecule has 0 radical (unpaired) electrons. The molecule has 0 spiro atoms. The number of benzene rings is 1. The number of carbonyl (C=O) groups excluding carboxylic acids is 1. The van der Waals surface area contributed by atoms with Crippen LogP contribution in [0.3, 0.4) is 0 Å². The molecule has 0 bridgehead atoms. The molecule has 2 fully saturated rings. The lowest BCUT2D eigenvalue weighted by Crippen LogP contribution is -2.38. The number of rotatable bonds is 5. The van der Waals surface area contributed by atoms with Gasteiger partial charge in [0.15, 0.2) is 0 Å². The van der Waals surface area contributed by atoms with Crippen molar-refractivity contribution >= 4 is 11.9 Å². The number of likely N-dealkylation sites (tertiary alicyclic amines) is 1. The van der Waals surface area contributed by atoms with Gasteiger partial charge in [-0.3, -0.25) is 9.59 Å². The summed E-state index contributed by atoms with van der Waals surface area (Å²) < 4.78 is 0. The van der Waals surface area contributed by atoms with E-state index in [2.05, 4.69) is 0 Å². The number of fused-ring (bicyclic) bond motifs is 1. The molecule has 4 heteroatoms. The van der Waals surface area contributed by atoms with Gasteiger partial charge in [0.25, 0.3) is 0 Å². The molecule has 1 heterocycles. The molecule has 1 aliphatic carbocycles. The minimum absolute atomic E-state index is 0.00594. The number of carbonyl (C=O) groups is 2. The Hall–Kier alpha value is -1.84. The van der Waals surface area contributed by atoms with E-state index in [4.69, 9.17) is 0 Å². The Balaban J connectivity index is 1.67. The van der Waals surface area contributed by atoms with E-state index in [1.54, 1.807) is 6.92 Å². The third kappa shape index (κ3) is 4.05. The zero-order valence-corrected chi connectivity index (χ0v) is 15.3. The fraction of sp³-hybridized carbons (Fsp3) is 0.619. The third-order valence-electron chi connectivity index (χ3n) is 6.10. The first-order valence-corrected chi connectivity index (χ1v) is 9.44. The normalized spacial score (nSPS) is 25.3. The molecule has 1 saturated heterocycles. The lowest BCUT2D eigenvalue weighted by molar-refractivity contribution is -0.152. The smallest absolute Gasteiger partial charge is 0.310 e. The van der Waals surface area contributed by atoms with Gasteiger partial charge < -0.3 is 10.0 Å². The Bertz CT molecular complexity index is 625. The van der Waals surface area contributed by atoms with E-state index in [1.165, 1.54) is 25.7 Å². The van der Waals surface area contributed by atoms with Crippen molar-refractivity contribution in [3.8, 4) is 0 Å². The van der Waals surface area contributed by atoms with Crippen LogP contribution in [0.4, 0.5) is 0 Å². The van der Waals surface area contributed by atoms with Crippen LogP contribution in [-0.4, -0.2) is 35.0 Å². The van der Waals surface area contributed by atoms with Crippen LogP contribution >= 0.6 is 0 Å². The zero-order chi connectivity index (χ0) is 18.0. The van der Waals surface area contributed by atoms with E-state index in [1.807, 2.05) is 36.1 Å². The van der Waals surface area contributed by atoms with E-state index in [9.17, 15) is 14.7 Å². The van der Waals surface area contributed by atoms with Crippen LogP contribution in [0.15, 0.2) is 24.3 Å². The van der Waals surface area contributed by atoms with E-state index in [-0.39, 0.29) is 12.3 Å². The van der Waals surface area contributed by atoms with E-state index in [0.29, 0.717) is 18.3 Å². The Labute approximate surface area is 150 Å². The predicted molar refractivity (Wildman–Crippen MR) is 97.3 cm³/mol.